The molecule has 8 nitrogen and oxygen atoms in total. The molecule has 0 aliphatic heterocycles. The summed E-state index contributed by atoms with van der Waals surface area (Å²) < 4.78 is 43.1. The molecule has 0 amide bonds. The molecule has 0 unspecified atom stereocenters. The summed E-state index contributed by atoms with van der Waals surface area (Å²) in [5.41, 5.74) is 0.610. The van der Waals surface area contributed by atoms with Crippen molar-refractivity contribution in [3.05, 3.63) is 66.6 Å². The lowest BCUT2D eigenvalue weighted by molar-refractivity contribution is 0.336. The van der Waals surface area contributed by atoms with Gasteiger partial charge in [-0.3, -0.25) is 0 Å². The Labute approximate surface area is 180 Å². The van der Waals surface area contributed by atoms with Crippen LogP contribution in [-0.2, 0) is 16.6 Å². The van der Waals surface area contributed by atoms with Crippen LogP contribution in [0.3, 0.4) is 0 Å². The number of hydrogen-bond acceptors (Lipinski definition) is 7. The van der Waals surface area contributed by atoms with Crippen LogP contribution in [0.5, 0.6) is 11.5 Å². The predicted octanol–water partition coefficient (Wildman–Crippen LogP) is 3.73. The summed E-state index contributed by atoms with van der Waals surface area (Å²) in [6.45, 7) is -0.0688. The zero-order valence-corrected chi connectivity index (χ0v) is 18.1. The number of aromatic nitrogens is 2. The Balaban J connectivity index is 1.57. The van der Waals surface area contributed by atoms with E-state index in [1.807, 2.05) is 24.3 Å². The lowest BCUT2D eigenvalue weighted by atomic mass is 10.1. The number of rotatable bonds is 7. The summed E-state index contributed by atoms with van der Waals surface area (Å²) in [6, 6.07) is 17.8. The third-order valence-corrected chi connectivity index (χ3v) is 6.70. The molecule has 0 atom stereocenters. The smallest absolute Gasteiger partial charge is 0.243 e. The van der Waals surface area contributed by atoms with Crippen LogP contribution >= 0.6 is 0 Å². The first kappa shape index (κ1) is 20.8. The van der Waals surface area contributed by atoms with E-state index in [0.717, 1.165) is 10.8 Å². The van der Waals surface area contributed by atoms with Crippen molar-refractivity contribution >= 4 is 20.8 Å². The molecular weight excluding hydrogens is 418 g/mol. The number of ether oxygens (including phenoxy) is 2. The van der Waals surface area contributed by atoms with Crippen LogP contribution in [0.15, 0.2) is 70.1 Å². The largest absolute Gasteiger partial charge is 0.497 e. The van der Waals surface area contributed by atoms with E-state index >= 15 is 0 Å². The SMILES string of the molecule is COc1ccc(-c2noc(CN(C)S(=O)(=O)c3ccc4ccccc4c3)n2)c(OC)c1. The van der Waals surface area contributed by atoms with E-state index in [9.17, 15) is 8.42 Å². The third-order valence-electron chi connectivity index (χ3n) is 4.90. The first-order valence-electron chi connectivity index (χ1n) is 9.42. The first-order chi connectivity index (χ1) is 14.9. The highest BCUT2D eigenvalue weighted by atomic mass is 32.2. The van der Waals surface area contributed by atoms with Crippen molar-refractivity contribution < 1.29 is 22.4 Å². The van der Waals surface area contributed by atoms with Gasteiger partial charge in [0.2, 0.25) is 21.7 Å². The molecule has 0 N–H and O–H groups in total. The van der Waals surface area contributed by atoms with Crippen LogP contribution in [-0.4, -0.2) is 44.1 Å². The highest BCUT2D eigenvalue weighted by Crippen LogP contribution is 2.31. The highest BCUT2D eigenvalue weighted by Gasteiger charge is 2.24. The first-order valence-corrected chi connectivity index (χ1v) is 10.9. The van der Waals surface area contributed by atoms with Crippen LogP contribution < -0.4 is 9.47 Å². The summed E-state index contributed by atoms with van der Waals surface area (Å²) in [5.74, 6) is 1.61. The molecule has 4 rings (SSSR count). The molecule has 31 heavy (non-hydrogen) atoms. The molecule has 0 saturated carbocycles. The molecule has 9 heteroatoms. The number of sulfonamides is 1. The average molecular weight is 439 g/mol. The molecule has 0 bridgehead atoms. The standard InChI is InChI=1S/C22H21N3O5S/c1-25(31(26,27)18-10-8-15-6-4-5-7-16(15)12-18)14-21-23-22(24-30-21)19-11-9-17(28-2)13-20(19)29-3/h4-13H,14H2,1-3H3. The van der Waals surface area contributed by atoms with Gasteiger partial charge in [0, 0.05) is 13.1 Å². The Hall–Kier alpha value is -3.43. The van der Waals surface area contributed by atoms with Crippen molar-refractivity contribution in [2.75, 3.05) is 21.3 Å². The molecule has 0 saturated heterocycles. The van der Waals surface area contributed by atoms with Crippen molar-refractivity contribution in [1.82, 2.24) is 14.4 Å². The third kappa shape index (κ3) is 4.10. The van der Waals surface area contributed by atoms with Gasteiger partial charge in [0.1, 0.15) is 11.5 Å². The van der Waals surface area contributed by atoms with E-state index in [1.54, 1.807) is 43.5 Å². The molecule has 3 aromatic carbocycles. The second kappa shape index (κ2) is 8.37. The molecule has 1 heterocycles. The highest BCUT2D eigenvalue weighted by molar-refractivity contribution is 7.89. The van der Waals surface area contributed by atoms with Crippen molar-refractivity contribution in [2.24, 2.45) is 0 Å². The number of nitrogens with zero attached hydrogens (tertiary/aromatic N) is 3. The summed E-state index contributed by atoms with van der Waals surface area (Å²) in [6.07, 6.45) is 0. The minimum atomic E-state index is -3.74. The second-order valence-electron chi connectivity index (χ2n) is 6.85. The maximum absolute atomic E-state index is 13.0. The van der Waals surface area contributed by atoms with Crippen LogP contribution in [0.25, 0.3) is 22.2 Å². The normalized spacial score (nSPS) is 11.7. The summed E-state index contributed by atoms with van der Waals surface area (Å²) >= 11 is 0. The lowest BCUT2D eigenvalue weighted by Crippen LogP contribution is -2.26. The van der Waals surface area contributed by atoms with E-state index in [-0.39, 0.29) is 17.3 Å². The Morgan fingerprint density at radius 3 is 2.48 bits per heavy atom. The van der Waals surface area contributed by atoms with Crippen LogP contribution in [0.2, 0.25) is 0 Å². The van der Waals surface area contributed by atoms with Crippen LogP contribution in [0.4, 0.5) is 0 Å². The van der Waals surface area contributed by atoms with Crippen LogP contribution in [0, 0.1) is 0 Å². The van der Waals surface area contributed by atoms with Crippen molar-refractivity contribution in [3.63, 3.8) is 0 Å². The number of hydrogen-bond donors (Lipinski definition) is 0. The van der Waals surface area contributed by atoms with E-state index in [0.29, 0.717) is 22.9 Å². The minimum absolute atomic E-state index is 0.0688. The molecule has 0 aliphatic carbocycles. The van der Waals surface area contributed by atoms with Crippen molar-refractivity contribution in [1.29, 1.82) is 0 Å². The molecule has 4 aromatic rings. The van der Waals surface area contributed by atoms with Gasteiger partial charge < -0.3 is 14.0 Å². The zero-order chi connectivity index (χ0) is 22.0. The summed E-state index contributed by atoms with van der Waals surface area (Å²) in [4.78, 5) is 4.54. The molecule has 0 radical (unpaired) electrons. The minimum Gasteiger partial charge on any atom is -0.497 e. The predicted molar refractivity (Wildman–Crippen MR) is 115 cm³/mol. The second-order valence-corrected chi connectivity index (χ2v) is 8.89. The van der Waals surface area contributed by atoms with Gasteiger partial charge in [-0.25, -0.2) is 8.42 Å². The van der Waals surface area contributed by atoms with Gasteiger partial charge in [0.05, 0.1) is 31.2 Å². The Bertz CT molecular complexity index is 1330. The number of benzene rings is 3. The van der Waals surface area contributed by atoms with Gasteiger partial charge in [-0.05, 0) is 35.0 Å². The van der Waals surface area contributed by atoms with Gasteiger partial charge in [-0.2, -0.15) is 9.29 Å². The lowest BCUT2D eigenvalue weighted by Gasteiger charge is -2.15. The average Bonchev–Trinajstić information content (AvgIpc) is 3.26. The Morgan fingerprint density at radius 1 is 0.968 bits per heavy atom. The van der Waals surface area contributed by atoms with E-state index < -0.39 is 10.0 Å². The maximum atomic E-state index is 13.0. The van der Waals surface area contributed by atoms with Crippen molar-refractivity contribution in [2.45, 2.75) is 11.4 Å². The number of methoxy groups -OCH3 is 2. The van der Waals surface area contributed by atoms with Gasteiger partial charge in [0.25, 0.3) is 0 Å². The summed E-state index contributed by atoms with van der Waals surface area (Å²) in [5, 5.41) is 5.79. The van der Waals surface area contributed by atoms with Gasteiger partial charge in [-0.1, -0.05) is 35.5 Å². The molecule has 1 aromatic heterocycles. The van der Waals surface area contributed by atoms with E-state index in [4.69, 9.17) is 14.0 Å². The molecule has 0 spiro atoms. The molecule has 160 valence electrons. The molecule has 0 aliphatic rings. The maximum Gasteiger partial charge on any atom is 0.243 e. The molecule has 0 fully saturated rings. The Kier molecular flexibility index (Phi) is 5.62. The van der Waals surface area contributed by atoms with Gasteiger partial charge >= 0.3 is 0 Å². The Morgan fingerprint density at radius 2 is 1.74 bits per heavy atom. The zero-order valence-electron chi connectivity index (χ0n) is 17.3. The van der Waals surface area contributed by atoms with Gasteiger partial charge in [-0.15, -0.1) is 0 Å². The topological polar surface area (TPSA) is 94.8 Å². The van der Waals surface area contributed by atoms with Crippen molar-refractivity contribution in [3.8, 4) is 22.9 Å². The fourth-order valence-corrected chi connectivity index (χ4v) is 4.35. The van der Waals surface area contributed by atoms with E-state index in [1.165, 1.54) is 18.5 Å². The monoisotopic (exact) mass is 439 g/mol. The summed E-state index contributed by atoms with van der Waals surface area (Å²) in [7, 11) is 0.826. The fraction of sp³-hybridized carbons (Fsp3) is 0.182. The number of fused-ring (bicyclic) bond motifs is 1. The van der Waals surface area contributed by atoms with E-state index in [2.05, 4.69) is 10.1 Å². The quantitative estimate of drug-likeness (QED) is 0.433. The molecular formula is C22H21N3O5S. The van der Waals surface area contributed by atoms with Crippen LogP contribution in [0.1, 0.15) is 5.89 Å². The van der Waals surface area contributed by atoms with Gasteiger partial charge in [0.15, 0.2) is 0 Å². The fourth-order valence-electron chi connectivity index (χ4n) is 3.20.